The van der Waals surface area contributed by atoms with Gasteiger partial charge in [0.2, 0.25) is 0 Å². The molecule has 0 bridgehead atoms. The van der Waals surface area contributed by atoms with Crippen molar-refractivity contribution >= 4 is 17.0 Å². The summed E-state index contributed by atoms with van der Waals surface area (Å²) >= 11 is 1.56. The Morgan fingerprint density at radius 1 is 1.50 bits per heavy atom. The molecule has 0 fully saturated rings. The van der Waals surface area contributed by atoms with Gasteiger partial charge in [0, 0.05) is 30.6 Å². The van der Waals surface area contributed by atoms with Gasteiger partial charge >= 0.3 is 0 Å². The van der Waals surface area contributed by atoms with Crippen molar-refractivity contribution in [3.05, 3.63) is 44.5 Å². The summed E-state index contributed by atoms with van der Waals surface area (Å²) in [5.74, 6) is 5.83. The Hall–Kier alpha value is -2.10. The first-order valence-electron chi connectivity index (χ1n) is 6.11. The highest BCUT2D eigenvalue weighted by Gasteiger charge is 2.06. The predicted molar refractivity (Wildman–Crippen MR) is 82.2 cm³/mol. The number of nitrogens with two attached hydrogens (primary N) is 1. The van der Waals surface area contributed by atoms with Crippen LogP contribution in [0.1, 0.15) is 10.4 Å². The quantitative estimate of drug-likeness (QED) is 0.846. The van der Waals surface area contributed by atoms with Gasteiger partial charge in [0.1, 0.15) is 0 Å². The molecule has 0 aliphatic heterocycles. The molecule has 0 unspecified atom stereocenters. The van der Waals surface area contributed by atoms with E-state index in [1.807, 2.05) is 30.4 Å². The zero-order valence-electron chi connectivity index (χ0n) is 11.5. The third-order valence-electron chi connectivity index (χ3n) is 2.74. The second-order valence-electron chi connectivity index (χ2n) is 4.37. The Morgan fingerprint density at radius 3 is 2.95 bits per heavy atom. The van der Waals surface area contributed by atoms with Gasteiger partial charge in [-0.25, -0.2) is 4.68 Å². The monoisotopic (exact) mass is 288 g/mol. The van der Waals surface area contributed by atoms with Crippen LogP contribution in [-0.4, -0.2) is 30.4 Å². The highest BCUT2D eigenvalue weighted by molar-refractivity contribution is 7.10. The van der Waals surface area contributed by atoms with E-state index in [1.165, 1.54) is 4.68 Å². The minimum absolute atomic E-state index is 0.123. The molecule has 5 nitrogen and oxygen atoms in total. The van der Waals surface area contributed by atoms with Crippen molar-refractivity contribution in [1.29, 1.82) is 0 Å². The molecule has 20 heavy (non-hydrogen) atoms. The first-order chi connectivity index (χ1) is 9.61. The van der Waals surface area contributed by atoms with Gasteiger partial charge in [-0.15, -0.1) is 11.3 Å². The van der Waals surface area contributed by atoms with E-state index in [4.69, 9.17) is 5.73 Å². The fourth-order valence-electron chi connectivity index (χ4n) is 1.64. The average Bonchev–Trinajstić information content (AvgIpc) is 2.85. The van der Waals surface area contributed by atoms with Gasteiger partial charge in [-0.3, -0.25) is 4.79 Å². The molecule has 0 aliphatic rings. The minimum Gasteiger partial charge on any atom is -0.376 e. The maximum Gasteiger partial charge on any atom is 0.269 e. The summed E-state index contributed by atoms with van der Waals surface area (Å²) in [5.41, 5.74) is 6.95. The molecule has 2 rings (SSSR count). The van der Waals surface area contributed by atoms with E-state index in [9.17, 15) is 4.79 Å². The summed E-state index contributed by atoms with van der Waals surface area (Å²) in [6.07, 6.45) is 1.68. The van der Waals surface area contributed by atoms with Crippen molar-refractivity contribution in [2.45, 2.75) is 6.54 Å². The fourth-order valence-corrected chi connectivity index (χ4v) is 2.46. The minimum atomic E-state index is -0.123. The second kappa shape index (κ2) is 6.37. The molecule has 0 spiro atoms. The Labute approximate surface area is 121 Å². The van der Waals surface area contributed by atoms with Crippen LogP contribution in [0.3, 0.4) is 0 Å². The van der Waals surface area contributed by atoms with Crippen LogP contribution in [0, 0.1) is 11.8 Å². The van der Waals surface area contributed by atoms with Crippen molar-refractivity contribution in [2.24, 2.45) is 5.73 Å². The van der Waals surface area contributed by atoms with Crippen molar-refractivity contribution in [1.82, 2.24) is 9.78 Å². The lowest BCUT2D eigenvalue weighted by Gasteiger charge is -2.12. The van der Waals surface area contributed by atoms with Crippen LogP contribution in [0.5, 0.6) is 0 Å². The van der Waals surface area contributed by atoms with Crippen LogP contribution in [-0.2, 0) is 6.54 Å². The van der Waals surface area contributed by atoms with Crippen LogP contribution in [0.2, 0.25) is 0 Å². The highest BCUT2D eigenvalue weighted by atomic mass is 32.1. The summed E-state index contributed by atoms with van der Waals surface area (Å²) in [5, 5.41) is 6.15. The normalized spacial score (nSPS) is 9.95. The van der Waals surface area contributed by atoms with Gasteiger partial charge in [-0.1, -0.05) is 11.8 Å². The molecule has 0 amide bonds. The Kier molecular flexibility index (Phi) is 4.56. The Balaban J connectivity index is 2.27. The molecule has 2 aromatic rings. The molecule has 0 aliphatic carbocycles. The molecular weight excluding hydrogens is 272 g/mol. The van der Waals surface area contributed by atoms with E-state index in [0.29, 0.717) is 13.1 Å². The number of thiophene rings is 1. The molecule has 0 atom stereocenters. The van der Waals surface area contributed by atoms with Crippen molar-refractivity contribution in [3.8, 4) is 11.8 Å². The van der Waals surface area contributed by atoms with Gasteiger partial charge in [0.15, 0.2) is 0 Å². The number of rotatable bonds is 3. The van der Waals surface area contributed by atoms with Crippen LogP contribution < -0.4 is 16.2 Å². The van der Waals surface area contributed by atoms with E-state index < -0.39 is 0 Å². The van der Waals surface area contributed by atoms with Crippen molar-refractivity contribution in [2.75, 3.05) is 25.5 Å². The van der Waals surface area contributed by atoms with E-state index in [1.54, 1.807) is 23.6 Å². The molecule has 2 heterocycles. The van der Waals surface area contributed by atoms with Gasteiger partial charge in [-0.2, -0.15) is 5.10 Å². The first kappa shape index (κ1) is 14.3. The average molecular weight is 288 g/mol. The van der Waals surface area contributed by atoms with Crippen molar-refractivity contribution < 1.29 is 0 Å². The van der Waals surface area contributed by atoms with Crippen LogP contribution in [0.4, 0.5) is 5.69 Å². The lowest BCUT2D eigenvalue weighted by molar-refractivity contribution is 0.644. The van der Waals surface area contributed by atoms with Crippen LogP contribution in [0.15, 0.2) is 28.5 Å². The van der Waals surface area contributed by atoms with E-state index in [2.05, 4.69) is 16.9 Å². The Bertz CT molecular complexity index is 706. The van der Waals surface area contributed by atoms with E-state index >= 15 is 0 Å². The molecule has 104 valence electrons. The number of hydrogen-bond acceptors (Lipinski definition) is 5. The zero-order valence-corrected chi connectivity index (χ0v) is 12.3. The van der Waals surface area contributed by atoms with Crippen LogP contribution in [0.25, 0.3) is 0 Å². The fraction of sp³-hybridized carbons (Fsp3) is 0.286. The summed E-state index contributed by atoms with van der Waals surface area (Å²) in [4.78, 5) is 14.9. The summed E-state index contributed by atoms with van der Waals surface area (Å²) in [7, 11) is 3.75. The van der Waals surface area contributed by atoms with Gasteiger partial charge < -0.3 is 10.6 Å². The lowest BCUT2D eigenvalue weighted by Crippen LogP contribution is -2.24. The second-order valence-corrected chi connectivity index (χ2v) is 5.37. The summed E-state index contributed by atoms with van der Waals surface area (Å²) in [6.45, 7) is 0.754. The van der Waals surface area contributed by atoms with Crippen molar-refractivity contribution in [3.63, 3.8) is 0 Å². The zero-order chi connectivity index (χ0) is 14.5. The maximum absolute atomic E-state index is 12.0. The first-order valence-corrected chi connectivity index (χ1v) is 6.99. The molecule has 0 saturated carbocycles. The smallest absolute Gasteiger partial charge is 0.269 e. The van der Waals surface area contributed by atoms with Gasteiger partial charge in [0.05, 0.1) is 25.0 Å². The molecule has 0 saturated heterocycles. The predicted octanol–water partition coefficient (Wildman–Crippen LogP) is 0.729. The SMILES string of the molecule is CN(C)c1cnn(Cc2sccc2C#CCN)c(=O)c1. The number of nitrogens with zero attached hydrogens (tertiary/aromatic N) is 3. The standard InChI is InChI=1S/C14H16N4OS/c1-17(2)12-8-14(19)18(16-9-12)10-13-11(4-3-6-15)5-7-20-13/h5,7-9H,6,10,15H2,1-2H3. The van der Waals surface area contributed by atoms with Gasteiger partial charge in [-0.05, 0) is 11.4 Å². The number of hydrogen-bond donors (Lipinski definition) is 1. The van der Waals surface area contributed by atoms with Gasteiger partial charge in [0.25, 0.3) is 5.56 Å². The Morgan fingerprint density at radius 2 is 2.30 bits per heavy atom. The lowest BCUT2D eigenvalue weighted by atomic mass is 10.2. The van der Waals surface area contributed by atoms with E-state index in [0.717, 1.165) is 16.1 Å². The summed E-state index contributed by atoms with van der Waals surface area (Å²) < 4.78 is 1.44. The number of anilines is 1. The van der Waals surface area contributed by atoms with Crippen LogP contribution >= 0.6 is 11.3 Å². The number of aromatic nitrogens is 2. The third kappa shape index (κ3) is 3.26. The molecule has 2 N–H and O–H groups in total. The third-order valence-corrected chi connectivity index (χ3v) is 3.64. The maximum atomic E-state index is 12.0. The van der Waals surface area contributed by atoms with E-state index in [-0.39, 0.29) is 5.56 Å². The molecule has 6 heteroatoms. The highest BCUT2D eigenvalue weighted by Crippen LogP contribution is 2.16. The summed E-state index contributed by atoms with van der Waals surface area (Å²) in [6, 6.07) is 3.51. The molecule has 0 aromatic carbocycles. The topological polar surface area (TPSA) is 64.2 Å². The molecule has 0 radical (unpaired) electrons. The molecule has 2 aromatic heterocycles. The molecular formula is C14H16N4OS. The largest absolute Gasteiger partial charge is 0.376 e.